The highest BCUT2D eigenvalue weighted by Crippen LogP contribution is 2.25. The van der Waals surface area contributed by atoms with Crippen LogP contribution in [0.4, 0.5) is 0 Å². The third kappa shape index (κ3) is 2.39. The zero-order valence-electron chi connectivity index (χ0n) is 6.99. The molecule has 1 aromatic carbocycles. The van der Waals surface area contributed by atoms with Gasteiger partial charge in [-0.1, -0.05) is 17.7 Å². The molecule has 0 amide bonds. The minimum atomic E-state index is -0.863. The van der Waals surface area contributed by atoms with E-state index in [1.54, 1.807) is 25.1 Å². The Morgan fingerprint density at radius 1 is 1.62 bits per heavy atom. The van der Waals surface area contributed by atoms with E-state index in [1.807, 2.05) is 0 Å². The van der Waals surface area contributed by atoms with E-state index in [-0.39, 0.29) is 0 Å². The van der Waals surface area contributed by atoms with E-state index < -0.39 is 11.9 Å². The summed E-state index contributed by atoms with van der Waals surface area (Å²) in [4.78, 5) is 11.3. The van der Waals surface area contributed by atoms with Gasteiger partial charge in [0.15, 0.2) is 0 Å². The monoisotopic (exact) mass is 216 g/mol. The molecule has 1 N–H and O–H groups in total. The average Bonchev–Trinajstić information content (AvgIpc) is 2.03. The SMILES string of the molecule is CC(C(=O)O)c1ccc(Cl)cc1S. The zero-order chi connectivity index (χ0) is 10.0. The van der Waals surface area contributed by atoms with Gasteiger partial charge in [0, 0.05) is 9.92 Å². The van der Waals surface area contributed by atoms with Gasteiger partial charge in [-0.3, -0.25) is 4.79 Å². The molecule has 0 aliphatic rings. The van der Waals surface area contributed by atoms with Gasteiger partial charge in [0.05, 0.1) is 5.92 Å². The Morgan fingerprint density at radius 3 is 2.69 bits per heavy atom. The number of carboxylic acid groups (broad SMARTS) is 1. The van der Waals surface area contributed by atoms with Crippen LogP contribution in [0.1, 0.15) is 18.4 Å². The molecular weight excluding hydrogens is 208 g/mol. The van der Waals surface area contributed by atoms with E-state index in [4.69, 9.17) is 16.7 Å². The molecule has 0 aliphatic heterocycles. The van der Waals surface area contributed by atoms with Gasteiger partial charge >= 0.3 is 5.97 Å². The molecule has 4 heteroatoms. The molecule has 1 aromatic rings. The lowest BCUT2D eigenvalue weighted by atomic mass is 10.0. The molecule has 13 heavy (non-hydrogen) atoms. The first-order valence-corrected chi connectivity index (χ1v) is 4.56. The van der Waals surface area contributed by atoms with Gasteiger partial charge < -0.3 is 5.11 Å². The van der Waals surface area contributed by atoms with E-state index in [2.05, 4.69) is 12.6 Å². The molecular formula is C9H9ClO2S. The van der Waals surface area contributed by atoms with Gasteiger partial charge in [-0.25, -0.2) is 0 Å². The van der Waals surface area contributed by atoms with Crippen molar-refractivity contribution in [1.29, 1.82) is 0 Å². The maximum absolute atomic E-state index is 10.7. The first-order valence-electron chi connectivity index (χ1n) is 3.73. The standard InChI is InChI=1S/C9H9ClO2S/c1-5(9(11)12)7-3-2-6(10)4-8(7)13/h2-5,13H,1H3,(H,11,12). The summed E-state index contributed by atoms with van der Waals surface area (Å²) >= 11 is 9.86. The summed E-state index contributed by atoms with van der Waals surface area (Å²) in [7, 11) is 0. The second-order valence-electron chi connectivity index (χ2n) is 2.76. The third-order valence-corrected chi connectivity index (χ3v) is 2.45. The maximum Gasteiger partial charge on any atom is 0.310 e. The molecule has 0 saturated heterocycles. The van der Waals surface area contributed by atoms with Gasteiger partial charge in [0.25, 0.3) is 0 Å². The number of rotatable bonds is 2. The van der Waals surface area contributed by atoms with Gasteiger partial charge in [0.1, 0.15) is 0 Å². The van der Waals surface area contributed by atoms with Crippen LogP contribution < -0.4 is 0 Å². The first-order chi connectivity index (χ1) is 6.02. The van der Waals surface area contributed by atoms with Crippen molar-refractivity contribution in [1.82, 2.24) is 0 Å². The predicted octanol–water partition coefficient (Wildman–Crippen LogP) is 2.82. The third-order valence-electron chi connectivity index (χ3n) is 1.83. The van der Waals surface area contributed by atoms with Crippen molar-refractivity contribution in [2.24, 2.45) is 0 Å². The summed E-state index contributed by atoms with van der Waals surface area (Å²) in [5.41, 5.74) is 0.681. The van der Waals surface area contributed by atoms with Crippen molar-refractivity contribution in [3.63, 3.8) is 0 Å². The van der Waals surface area contributed by atoms with E-state index in [1.165, 1.54) is 0 Å². The summed E-state index contributed by atoms with van der Waals surface area (Å²) in [6.07, 6.45) is 0. The van der Waals surface area contributed by atoms with Crippen LogP contribution in [0.2, 0.25) is 5.02 Å². The summed E-state index contributed by atoms with van der Waals surface area (Å²) < 4.78 is 0. The molecule has 1 unspecified atom stereocenters. The van der Waals surface area contributed by atoms with Gasteiger partial charge in [0.2, 0.25) is 0 Å². The second-order valence-corrected chi connectivity index (χ2v) is 3.68. The average molecular weight is 217 g/mol. The fourth-order valence-corrected chi connectivity index (χ4v) is 1.67. The number of hydrogen-bond donors (Lipinski definition) is 2. The fourth-order valence-electron chi connectivity index (χ4n) is 1.02. The predicted molar refractivity (Wildman–Crippen MR) is 54.8 cm³/mol. The number of carbonyl (C=O) groups is 1. The van der Waals surface area contributed by atoms with Crippen LogP contribution in [0.25, 0.3) is 0 Å². The molecule has 1 rings (SSSR count). The lowest BCUT2D eigenvalue weighted by Gasteiger charge is -2.09. The lowest BCUT2D eigenvalue weighted by molar-refractivity contribution is -0.138. The minimum Gasteiger partial charge on any atom is -0.481 e. The van der Waals surface area contributed by atoms with Crippen LogP contribution in [0.3, 0.4) is 0 Å². The summed E-state index contributed by atoms with van der Waals surface area (Å²) in [6, 6.07) is 4.99. The Labute approximate surface area is 86.9 Å². The molecule has 0 heterocycles. The Kier molecular flexibility index (Phi) is 3.22. The number of benzene rings is 1. The Balaban J connectivity index is 3.08. The van der Waals surface area contributed by atoms with Gasteiger partial charge in [-0.2, -0.15) is 0 Å². The van der Waals surface area contributed by atoms with Crippen molar-refractivity contribution >= 4 is 30.2 Å². The molecule has 0 aliphatic carbocycles. The smallest absolute Gasteiger partial charge is 0.310 e. The molecule has 0 fully saturated rings. The second kappa shape index (κ2) is 4.03. The van der Waals surface area contributed by atoms with Crippen LogP contribution in [-0.4, -0.2) is 11.1 Å². The summed E-state index contributed by atoms with van der Waals surface area (Å²) in [5.74, 6) is -1.41. The maximum atomic E-state index is 10.7. The van der Waals surface area contributed by atoms with Crippen molar-refractivity contribution in [2.75, 3.05) is 0 Å². The molecule has 0 bridgehead atoms. The van der Waals surface area contributed by atoms with Crippen LogP contribution in [0.15, 0.2) is 23.1 Å². The van der Waals surface area contributed by atoms with E-state index in [9.17, 15) is 4.79 Å². The Hall–Kier alpha value is -0.670. The largest absolute Gasteiger partial charge is 0.481 e. The van der Waals surface area contributed by atoms with Crippen LogP contribution in [-0.2, 0) is 4.79 Å². The van der Waals surface area contributed by atoms with Gasteiger partial charge in [-0.05, 0) is 24.6 Å². The topological polar surface area (TPSA) is 37.3 Å². The van der Waals surface area contributed by atoms with Crippen molar-refractivity contribution in [3.8, 4) is 0 Å². The van der Waals surface area contributed by atoms with Crippen molar-refractivity contribution in [2.45, 2.75) is 17.7 Å². The molecule has 0 saturated carbocycles. The van der Waals surface area contributed by atoms with Crippen LogP contribution in [0, 0.1) is 0 Å². The Bertz CT molecular complexity index is 338. The molecule has 0 spiro atoms. The highest BCUT2D eigenvalue weighted by Gasteiger charge is 2.15. The molecule has 0 aromatic heterocycles. The first kappa shape index (κ1) is 10.4. The molecule has 1 atom stereocenters. The summed E-state index contributed by atoms with van der Waals surface area (Å²) in [6.45, 7) is 1.62. The van der Waals surface area contributed by atoms with E-state index >= 15 is 0 Å². The van der Waals surface area contributed by atoms with Crippen LogP contribution in [0.5, 0.6) is 0 Å². The number of aliphatic carboxylic acids is 1. The normalized spacial score (nSPS) is 12.5. The van der Waals surface area contributed by atoms with Crippen molar-refractivity contribution in [3.05, 3.63) is 28.8 Å². The molecule has 70 valence electrons. The minimum absolute atomic E-state index is 0.551. The number of halogens is 1. The summed E-state index contributed by atoms with van der Waals surface area (Å²) in [5, 5.41) is 9.32. The lowest BCUT2D eigenvalue weighted by Crippen LogP contribution is -2.07. The number of carboxylic acids is 1. The fraction of sp³-hybridized carbons (Fsp3) is 0.222. The van der Waals surface area contributed by atoms with E-state index in [0.717, 1.165) is 0 Å². The number of thiol groups is 1. The quantitative estimate of drug-likeness (QED) is 0.746. The Morgan fingerprint density at radius 2 is 2.23 bits per heavy atom. The van der Waals surface area contributed by atoms with Crippen molar-refractivity contribution < 1.29 is 9.90 Å². The zero-order valence-corrected chi connectivity index (χ0v) is 8.64. The van der Waals surface area contributed by atoms with Gasteiger partial charge in [-0.15, -0.1) is 12.6 Å². The van der Waals surface area contributed by atoms with Crippen LogP contribution >= 0.6 is 24.2 Å². The number of hydrogen-bond acceptors (Lipinski definition) is 2. The highest BCUT2D eigenvalue weighted by atomic mass is 35.5. The molecule has 2 nitrogen and oxygen atoms in total. The molecule has 0 radical (unpaired) electrons. The highest BCUT2D eigenvalue weighted by molar-refractivity contribution is 7.80. The van der Waals surface area contributed by atoms with E-state index in [0.29, 0.717) is 15.5 Å².